The first kappa shape index (κ1) is 55.0. The van der Waals surface area contributed by atoms with E-state index in [9.17, 15) is 22.0 Å². The lowest BCUT2D eigenvalue weighted by atomic mass is 9.83. The monoisotopic (exact) mass is 1000 g/mol. The van der Waals surface area contributed by atoms with Crippen LogP contribution in [0.5, 0.6) is 28.7 Å². The Hall–Kier alpha value is -5.91. The first-order valence-electron chi connectivity index (χ1n) is 22.9. The summed E-state index contributed by atoms with van der Waals surface area (Å²) in [6.07, 6.45) is -2.58. The summed E-state index contributed by atoms with van der Waals surface area (Å²) >= 11 is 11.7. The van der Waals surface area contributed by atoms with E-state index in [4.69, 9.17) is 46.9 Å². The van der Waals surface area contributed by atoms with E-state index in [0.717, 1.165) is 23.5 Å². The zero-order valence-corrected chi connectivity index (χ0v) is 41.4. The Labute approximate surface area is 419 Å². The number of halogens is 7. The van der Waals surface area contributed by atoms with Gasteiger partial charge in [0.2, 0.25) is 12.9 Å². The number of hydrogen-bond acceptors (Lipinski definition) is 5. The van der Waals surface area contributed by atoms with E-state index in [-0.39, 0.29) is 38.3 Å². The zero-order chi connectivity index (χ0) is 50.5. The van der Waals surface area contributed by atoms with Crippen molar-refractivity contribution in [1.29, 1.82) is 0 Å². The second kappa shape index (κ2) is 27.5. The molecule has 2 unspecified atom stereocenters. The summed E-state index contributed by atoms with van der Waals surface area (Å²) in [7, 11) is 0. The topological polar surface area (TPSA) is 46.2 Å². The predicted octanol–water partition coefficient (Wildman–Crippen LogP) is 17.3. The lowest BCUT2D eigenvalue weighted by Crippen LogP contribution is -2.36. The van der Waals surface area contributed by atoms with Gasteiger partial charge >= 0.3 is 0 Å². The third kappa shape index (κ3) is 17.2. The van der Waals surface area contributed by atoms with Crippen molar-refractivity contribution >= 4 is 23.2 Å². The minimum absolute atomic E-state index is 0.0430. The molecule has 12 heteroatoms. The van der Waals surface area contributed by atoms with Crippen molar-refractivity contribution in [3.63, 3.8) is 0 Å². The van der Waals surface area contributed by atoms with E-state index in [1.54, 1.807) is 72.8 Å². The van der Waals surface area contributed by atoms with Gasteiger partial charge in [-0.1, -0.05) is 128 Å². The molecule has 0 N–H and O–H groups in total. The van der Waals surface area contributed by atoms with E-state index in [0.29, 0.717) is 38.2 Å². The third-order valence-electron chi connectivity index (χ3n) is 11.0. The Morgan fingerprint density at radius 2 is 0.943 bits per heavy atom. The van der Waals surface area contributed by atoms with Gasteiger partial charge in [-0.25, -0.2) is 22.0 Å². The molecule has 0 saturated carbocycles. The van der Waals surface area contributed by atoms with E-state index in [1.807, 2.05) is 86.6 Å². The maximum atomic E-state index is 14.1. The van der Waals surface area contributed by atoms with Gasteiger partial charge in [-0.3, -0.25) is 0 Å². The van der Waals surface area contributed by atoms with Crippen LogP contribution >= 0.6 is 23.2 Å². The third-order valence-corrected chi connectivity index (χ3v) is 11.5. The molecule has 0 heterocycles. The molecule has 0 aliphatic rings. The van der Waals surface area contributed by atoms with Crippen molar-refractivity contribution in [2.45, 2.75) is 90.5 Å². The van der Waals surface area contributed by atoms with Gasteiger partial charge in [-0.2, -0.15) is 0 Å². The Balaban J connectivity index is 0.000000209. The summed E-state index contributed by atoms with van der Waals surface area (Å²) in [6, 6.07) is 51.1. The van der Waals surface area contributed by atoms with Crippen molar-refractivity contribution in [3.05, 3.63) is 220 Å². The molecule has 7 aromatic rings. The smallest absolute Gasteiger partial charge is 0.250 e. The molecular weight excluding hydrogens is 943 g/mol. The standard InChI is InChI=1S/C23H20ClF3O2.C23H21ClF2O2.C12H18O/c1-23(22(26)27,17-8-10-18(24)11-9-17)15-28-14-16-7-12-20(25)21(13-16)29-19-5-3-2-4-6-19;1-23(22(25)26,18-10-12-19(24)13-11-18)16-27-15-17-6-5-9-21(14-17)28-20-7-3-2-4-8-20;1-4-5-11-6-8-12(9-7-11)13-10(2)3/h2-13,22H,14-15H2,1H3;2-14,22H,15-16H2,1H3;6-10H,4-5H2,1-3H3. The summed E-state index contributed by atoms with van der Waals surface area (Å²) in [4.78, 5) is 0. The Morgan fingerprint density at radius 3 is 1.41 bits per heavy atom. The van der Waals surface area contributed by atoms with Crippen molar-refractivity contribution in [2.24, 2.45) is 0 Å². The highest BCUT2D eigenvalue weighted by atomic mass is 35.5. The number of rotatable bonds is 20. The second-order valence-electron chi connectivity index (χ2n) is 17.2. The van der Waals surface area contributed by atoms with E-state index < -0.39 is 29.5 Å². The molecule has 2 atom stereocenters. The highest BCUT2D eigenvalue weighted by Gasteiger charge is 2.38. The van der Waals surface area contributed by atoms with Gasteiger partial charge in [0.15, 0.2) is 11.6 Å². The number of ether oxygens (including phenoxy) is 5. The van der Waals surface area contributed by atoms with Gasteiger partial charge in [0.25, 0.3) is 0 Å². The molecule has 0 amide bonds. The van der Waals surface area contributed by atoms with Crippen LogP contribution in [-0.4, -0.2) is 32.2 Å². The minimum atomic E-state index is -2.63. The fourth-order valence-corrected chi connectivity index (χ4v) is 7.17. The SMILES string of the molecule is CC(COCc1ccc(F)c(Oc2ccccc2)c1)(c1ccc(Cl)cc1)C(F)F.CC(COCc1cccc(Oc2ccccc2)c1)(c1ccc(Cl)cc1)C(F)F.CCCc1ccc(OC(C)C)cc1. The minimum Gasteiger partial charge on any atom is -0.491 e. The number of aryl methyl sites for hydroxylation is 1. The number of para-hydroxylation sites is 2. The molecule has 0 aliphatic heterocycles. The van der Waals surface area contributed by atoms with Crippen LogP contribution in [0.15, 0.2) is 176 Å². The van der Waals surface area contributed by atoms with Crippen molar-refractivity contribution < 1.29 is 45.6 Å². The molecule has 0 radical (unpaired) electrons. The van der Waals surface area contributed by atoms with Crippen molar-refractivity contribution in [2.75, 3.05) is 13.2 Å². The van der Waals surface area contributed by atoms with Gasteiger partial charge < -0.3 is 23.7 Å². The molecule has 0 aliphatic carbocycles. The van der Waals surface area contributed by atoms with E-state index >= 15 is 0 Å². The molecule has 0 saturated heterocycles. The summed E-state index contributed by atoms with van der Waals surface area (Å²) < 4.78 is 97.3. The molecule has 5 nitrogen and oxygen atoms in total. The van der Waals surface area contributed by atoms with E-state index in [1.165, 1.54) is 44.0 Å². The Bertz CT molecular complexity index is 2590. The number of hydrogen-bond donors (Lipinski definition) is 0. The average molecular weight is 1000 g/mol. The molecule has 0 spiro atoms. The second-order valence-corrected chi connectivity index (χ2v) is 18.1. The van der Waals surface area contributed by atoms with Gasteiger partial charge in [0.05, 0.1) is 43.4 Å². The fourth-order valence-electron chi connectivity index (χ4n) is 6.92. The van der Waals surface area contributed by atoms with Gasteiger partial charge in [0.1, 0.15) is 23.0 Å². The van der Waals surface area contributed by atoms with Crippen molar-refractivity contribution in [1.82, 2.24) is 0 Å². The van der Waals surface area contributed by atoms with Crippen LogP contribution in [0.2, 0.25) is 10.0 Å². The maximum absolute atomic E-state index is 14.1. The molecule has 0 fully saturated rings. The molecular formula is C58H59Cl2F5O5. The fraction of sp³-hybridized carbons (Fsp3) is 0.276. The van der Waals surface area contributed by atoms with E-state index in [2.05, 4.69) is 19.1 Å². The number of benzene rings is 7. The maximum Gasteiger partial charge on any atom is 0.250 e. The van der Waals surface area contributed by atoms with Gasteiger partial charge in [0, 0.05) is 10.0 Å². The summed E-state index contributed by atoms with van der Waals surface area (Å²) in [5.41, 5.74) is 0.874. The highest BCUT2D eigenvalue weighted by molar-refractivity contribution is 6.30. The summed E-state index contributed by atoms with van der Waals surface area (Å²) in [5.74, 6) is 2.39. The quantitative estimate of drug-likeness (QED) is 0.0712. The zero-order valence-electron chi connectivity index (χ0n) is 39.9. The Morgan fingerprint density at radius 1 is 0.486 bits per heavy atom. The van der Waals surface area contributed by atoms with Crippen LogP contribution < -0.4 is 14.2 Å². The first-order valence-corrected chi connectivity index (χ1v) is 23.7. The van der Waals surface area contributed by atoms with Crippen molar-refractivity contribution in [3.8, 4) is 28.7 Å². The molecule has 70 heavy (non-hydrogen) atoms. The van der Waals surface area contributed by atoms with Crippen LogP contribution in [0.3, 0.4) is 0 Å². The predicted molar refractivity (Wildman–Crippen MR) is 271 cm³/mol. The number of alkyl halides is 4. The van der Waals surface area contributed by atoms with Gasteiger partial charge in [-0.15, -0.1) is 0 Å². The van der Waals surface area contributed by atoms with Crippen LogP contribution in [0, 0.1) is 5.82 Å². The molecule has 370 valence electrons. The Kier molecular flexibility index (Phi) is 21.6. The van der Waals surface area contributed by atoms with Crippen LogP contribution in [0.25, 0.3) is 0 Å². The lowest BCUT2D eigenvalue weighted by Gasteiger charge is -2.29. The summed E-state index contributed by atoms with van der Waals surface area (Å²) in [5, 5.41) is 0.986. The molecule has 7 rings (SSSR count). The van der Waals surface area contributed by atoms with Gasteiger partial charge in [-0.05, 0) is 147 Å². The van der Waals surface area contributed by atoms with Crippen LogP contribution in [-0.2, 0) is 39.9 Å². The lowest BCUT2D eigenvalue weighted by molar-refractivity contribution is -0.0130. The molecule has 0 aromatic heterocycles. The van der Waals surface area contributed by atoms with Crippen LogP contribution in [0.1, 0.15) is 68.9 Å². The molecule has 7 aromatic carbocycles. The molecule has 0 bridgehead atoms. The normalized spacial score (nSPS) is 12.8. The highest BCUT2D eigenvalue weighted by Crippen LogP contribution is 2.35. The van der Waals surface area contributed by atoms with Crippen LogP contribution in [0.4, 0.5) is 22.0 Å². The first-order chi connectivity index (χ1) is 33.6. The largest absolute Gasteiger partial charge is 0.491 e. The summed E-state index contributed by atoms with van der Waals surface area (Å²) in [6.45, 7) is 9.14. The average Bonchev–Trinajstić information content (AvgIpc) is 3.34.